The molecule has 0 aliphatic carbocycles. The second-order valence-corrected chi connectivity index (χ2v) is 30.7. The van der Waals surface area contributed by atoms with Gasteiger partial charge in [0.15, 0.2) is 12.2 Å². The minimum Gasteiger partial charge on any atom is -0.462 e. The van der Waals surface area contributed by atoms with Gasteiger partial charge in [-0.2, -0.15) is 0 Å². The van der Waals surface area contributed by atoms with E-state index in [1.807, 2.05) is 0 Å². The number of carbonyl (C=O) groups excluding carboxylic acids is 4. The van der Waals surface area contributed by atoms with E-state index in [4.69, 9.17) is 37.0 Å². The van der Waals surface area contributed by atoms with Crippen molar-refractivity contribution in [1.29, 1.82) is 0 Å². The van der Waals surface area contributed by atoms with Gasteiger partial charge in [0, 0.05) is 25.7 Å². The molecule has 558 valence electrons. The third kappa shape index (κ3) is 67.3. The van der Waals surface area contributed by atoms with E-state index in [9.17, 15) is 43.2 Å². The van der Waals surface area contributed by atoms with Crippen LogP contribution in [0.5, 0.6) is 0 Å². The zero-order valence-electron chi connectivity index (χ0n) is 61.3. The first kappa shape index (κ1) is 92.1. The van der Waals surface area contributed by atoms with Gasteiger partial charge >= 0.3 is 39.5 Å². The molecule has 0 aromatic rings. The second-order valence-electron chi connectivity index (χ2n) is 27.8. The van der Waals surface area contributed by atoms with Crippen LogP contribution in [-0.2, 0) is 65.4 Å². The maximum absolute atomic E-state index is 13.1. The first-order valence-corrected chi connectivity index (χ1v) is 42.0. The largest absolute Gasteiger partial charge is 0.472 e. The van der Waals surface area contributed by atoms with E-state index in [-0.39, 0.29) is 25.7 Å². The van der Waals surface area contributed by atoms with Gasteiger partial charge in [0.2, 0.25) is 0 Å². The Morgan fingerprint density at radius 2 is 0.543 bits per heavy atom. The van der Waals surface area contributed by atoms with Crippen LogP contribution in [0.2, 0.25) is 0 Å². The van der Waals surface area contributed by atoms with E-state index < -0.39 is 97.5 Å². The lowest BCUT2D eigenvalue weighted by Gasteiger charge is -2.21. The molecule has 3 unspecified atom stereocenters. The van der Waals surface area contributed by atoms with Crippen molar-refractivity contribution < 1.29 is 80.2 Å². The van der Waals surface area contributed by atoms with Crippen LogP contribution in [-0.4, -0.2) is 96.7 Å². The zero-order chi connectivity index (χ0) is 69.3. The quantitative estimate of drug-likeness (QED) is 0.0222. The van der Waals surface area contributed by atoms with Crippen LogP contribution >= 0.6 is 15.6 Å². The smallest absolute Gasteiger partial charge is 0.462 e. The maximum Gasteiger partial charge on any atom is 0.472 e. The van der Waals surface area contributed by atoms with Gasteiger partial charge in [-0.3, -0.25) is 37.3 Å². The molecule has 0 aliphatic heterocycles. The van der Waals surface area contributed by atoms with E-state index in [1.54, 1.807) is 0 Å². The molecule has 0 saturated carbocycles. The van der Waals surface area contributed by atoms with E-state index in [0.717, 1.165) is 102 Å². The first-order chi connectivity index (χ1) is 45.4. The van der Waals surface area contributed by atoms with E-state index in [0.29, 0.717) is 25.7 Å². The van der Waals surface area contributed by atoms with Crippen molar-refractivity contribution in [1.82, 2.24) is 0 Å². The number of carbonyl (C=O) groups is 4. The highest BCUT2D eigenvalue weighted by Gasteiger charge is 2.30. The highest BCUT2D eigenvalue weighted by molar-refractivity contribution is 7.47. The Labute approximate surface area is 575 Å². The van der Waals surface area contributed by atoms with Crippen molar-refractivity contribution in [2.45, 2.75) is 407 Å². The Balaban J connectivity index is 5.21. The molecule has 0 saturated heterocycles. The number of hydrogen-bond donors (Lipinski definition) is 3. The summed E-state index contributed by atoms with van der Waals surface area (Å²) in [5.74, 6) is -0.606. The lowest BCUT2D eigenvalue weighted by molar-refractivity contribution is -0.161. The van der Waals surface area contributed by atoms with Gasteiger partial charge in [-0.05, 0) is 37.5 Å². The molecule has 0 aromatic heterocycles. The van der Waals surface area contributed by atoms with Gasteiger partial charge in [-0.1, -0.05) is 337 Å². The molecule has 0 spiro atoms. The summed E-state index contributed by atoms with van der Waals surface area (Å²) in [5, 5.41) is 10.6. The molecule has 0 aliphatic rings. The Morgan fingerprint density at radius 1 is 0.309 bits per heavy atom. The molecule has 17 nitrogen and oxygen atoms in total. The van der Waals surface area contributed by atoms with Crippen LogP contribution in [0.4, 0.5) is 0 Å². The topological polar surface area (TPSA) is 237 Å². The predicted molar refractivity (Wildman–Crippen MR) is 381 cm³/mol. The molecule has 0 bridgehead atoms. The van der Waals surface area contributed by atoms with Crippen LogP contribution in [0, 0.1) is 11.8 Å². The summed E-state index contributed by atoms with van der Waals surface area (Å²) in [6.45, 7) is 9.55. The number of phosphoric acid groups is 2. The Kier molecular flexibility index (Phi) is 65.5. The summed E-state index contributed by atoms with van der Waals surface area (Å²) >= 11 is 0. The summed E-state index contributed by atoms with van der Waals surface area (Å²) in [4.78, 5) is 72.7. The molecule has 0 amide bonds. The molecular weight excluding hydrogens is 1230 g/mol. The molecule has 0 rings (SSSR count). The number of esters is 4. The molecule has 0 heterocycles. The molecule has 94 heavy (non-hydrogen) atoms. The normalized spacial score (nSPS) is 14.3. The number of phosphoric ester groups is 2. The van der Waals surface area contributed by atoms with Crippen molar-refractivity contribution in [3.05, 3.63) is 0 Å². The van der Waals surface area contributed by atoms with Crippen molar-refractivity contribution in [3.63, 3.8) is 0 Å². The maximum atomic E-state index is 13.1. The third-order valence-corrected chi connectivity index (χ3v) is 19.7. The number of rotatable bonds is 74. The van der Waals surface area contributed by atoms with Gasteiger partial charge < -0.3 is 33.8 Å². The molecule has 0 fully saturated rings. The highest BCUT2D eigenvalue weighted by atomic mass is 31.2. The Hall–Kier alpha value is -1.94. The van der Waals surface area contributed by atoms with Gasteiger partial charge in [-0.15, -0.1) is 0 Å². The van der Waals surface area contributed by atoms with Crippen molar-refractivity contribution in [3.8, 4) is 0 Å². The lowest BCUT2D eigenvalue weighted by atomic mass is 9.99. The molecule has 19 heteroatoms. The van der Waals surface area contributed by atoms with Crippen molar-refractivity contribution >= 4 is 39.5 Å². The van der Waals surface area contributed by atoms with Crippen LogP contribution in [0.15, 0.2) is 0 Å². The second kappa shape index (κ2) is 66.9. The van der Waals surface area contributed by atoms with Crippen molar-refractivity contribution in [2.24, 2.45) is 11.8 Å². The predicted octanol–water partition coefficient (Wildman–Crippen LogP) is 21.9. The molecule has 6 atom stereocenters. The fourth-order valence-electron chi connectivity index (χ4n) is 11.4. The minimum atomic E-state index is -4.96. The van der Waals surface area contributed by atoms with Crippen LogP contribution < -0.4 is 0 Å². The number of unbranched alkanes of at least 4 members (excludes halogenated alkanes) is 43. The molecule has 3 N–H and O–H groups in total. The summed E-state index contributed by atoms with van der Waals surface area (Å²) in [6.07, 6.45) is 54.1. The number of aliphatic hydroxyl groups is 1. The third-order valence-electron chi connectivity index (χ3n) is 17.8. The zero-order valence-corrected chi connectivity index (χ0v) is 63.1. The van der Waals surface area contributed by atoms with Gasteiger partial charge in [0.25, 0.3) is 0 Å². The standard InChI is InChI=1S/C75H146O17P2/c1-7-10-12-14-16-18-20-21-22-23-24-25-26-27-28-29-33-41-47-53-59-74(79)91-70(63-86-73(78)58-52-46-40-34-30-31-37-43-49-55-67(4)5)65-89-93(81,82)87-61-69(76)62-88-94(83,84)90-66-71(64-85-72(77)57-51-45-39-32-19-17-15-13-11-8-2)92-75(80)60-54-48-42-36-35-38-44-50-56-68(6)9-3/h67-71,76H,7-66H2,1-6H3,(H,81,82)(H,83,84)/t68?,69-,70-,71-/m1/s1. The fraction of sp³-hybridized carbons (Fsp3) is 0.947. The highest BCUT2D eigenvalue weighted by Crippen LogP contribution is 2.45. The van der Waals surface area contributed by atoms with Crippen molar-refractivity contribution in [2.75, 3.05) is 39.6 Å². The average molecular weight is 1380 g/mol. The first-order valence-electron chi connectivity index (χ1n) is 39.0. The Morgan fingerprint density at radius 3 is 0.809 bits per heavy atom. The average Bonchev–Trinajstić information content (AvgIpc) is 1.53. The lowest BCUT2D eigenvalue weighted by Crippen LogP contribution is -2.30. The van der Waals surface area contributed by atoms with E-state index in [2.05, 4.69) is 41.5 Å². The Bertz CT molecular complexity index is 1820. The number of aliphatic hydroxyl groups excluding tert-OH is 1. The molecular formula is C75H146O17P2. The summed E-state index contributed by atoms with van der Waals surface area (Å²) in [5.41, 5.74) is 0. The summed E-state index contributed by atoms with van der Waals surface area (Å²) in [6, 6.07) is 0. The molecule has 0 radical (unpaired) electrons. The van der Waals surface area contributed by atoms with E-state index in [1.165, 1.54) is 205 Å². The van der Waals surface area contributed by atoms with E-state index >= 15 is 0 Å². The van der Waals surface area contributed by atoms with Gasteiger partial charge in [-0.25, -0.2) is 9.13 Å². The van der Waals surface area contributed by atoms with Gasteiger partial charge in [0.1, 0.15) is 19.3 Å². The van der Waals surface area contributed by atoms with Crippen LogP contribution in [0.25, 0.3) is 0 Å². The van der Waals surface area contributed by atoms with Crippen LogP contribution in [0.3, 0.4) is 0 Å². The van der Waals surface area contributed by atoms with Gasteiger partial charge in [0.05, 0.1) is 26.4 Å². The number of ether oxygens (including phenoxy) is 4. The summed E-state index contributed by atoms with van der Waals surface area (Å²) in [7, 11) is -9.91. The summed E-state index contributed by atoms with van der Waals surface area (Å²) < 4.78 is 68.5. The molecule has 0 aromatic carbocycles. The minimum absolute atomic E-state index is 0.105. The number of hydrogen-bond acceptors (Lipinski definition) is 15. The van der Waals surface area contributed by atoms with Crippen LogP contribution in [0.1, 0.15) is 388 Å². The monoisotopic (exact) mass is 1380 g/mol. The SMILES string of the molecule is CCCCCCCCCCCCCCCCCCCCCCC(=O)O[C@H](COC(=O)CCCCCCCCCCCC(C)C)COP(=O)(O)OC[C@@H](O)COP(=O)(O)OC[C@@H](COC(=O)CCCCCCCCCCCC)OC(=O)CCCCCCCCCCC(C)CC. The fourth-order valence-corrected chi connectivity index (χ4v) is 13.0.